The molecular weight excluding hydrogens is 256 g/mol. The van der Waals surface area contributed by atoms with Crippen LogP contribution in [0.5, 0.6) is 0 Å². The second kappa shape index (κ2) is 5.23. The fourth-order valence-electron chi connectivity index (χ4n) is 1.33. The standard InChI is InChI=1S/C10H12N4O3S/c1-14-10(12-8(15)9(16)13-14)18-5-7-3-2-6(4-11)17-7/h2-3H,4-5,11H2,1H3,(H,13,16). The van der Waals surface area contributed by atoms with E-state index in [1.54, 1.807) is 13.1 Å². The maximum absolute atomic E-state index is 11.1. The topological polar surface area (TPSA) is 107 Å². The largest absolute Gasteiger partial charge is 0.464 e. The molecule has 0 fully saturated rings. The number of hydrogen-bond acceptors (Lipinski definition) is 6. The zero-order valence-electron chi connectivity index (χ0n) is 9.67. The first kappa shape index (κ1) is 12.7. The minimum atomic E-state index is -0.794. The van der Waals surface area contributed by atoms with Crippen molar-refractivity contribution < 1.29 is 4.42 Å². The van der Waals surface area contributed by atoms with Crippen molar-refractivity contribution in [2.45, 2.75) is 17.5 Å². The highest BCUT2D eigenvalue weighted by molar-refractivity contribution is 7.98. The van der Waals surface area contributed by atoms with Gasteiger partial charge in [-0.25, -0.2) is 0 Å². The molecule has 0 radical (unpaired) electrons. The number of thioether (sulfide) groups is 1. The van der Waals surface area contributed by atoms with Crippen LogP contribution in [0.1, 0.15) is 11.5 Å². The van der Waals surface area contributed by atoms with E-state index in [1.807, 2.05) is 6.07 Å². The van der Waals surface area contributed by atoms with Crippen molar-refractivity contribution in [3.8, 4) is 0 Å². The molecule has 96 valence electrons. The van der Waals surface area contributed by atoms with Gasteiger partial charge < -0.3 is 10.2 Å². The zero-order valence-corrected chi connectivity index (χ0v) is 10.5. The minimum Gasteiger partial charge on any atom is -0.464 e. The number of hydrogen-bond donors (Lipinski definition) is 2. The van der Waals surface area contributed by atoms with Gasteiger partial charge in [-0.2, -0.15) is 4.98 Å². The Hall–Kier alpha value is -1.80. The molecule has 0 saturated heterocycles. The average Bonchev–Trinajstić information content (AvgIpc) is 2.80. The fourth-order valence-corrected chi connectivity index (χ4v) is 2.15. The quantitative estimate of drug-likeness (QED) is 0.588. The normalized spacial score (nSPS) is 10.8. The van der Waals surface area contributed by atoms with Gasteiger partial charge in [-0.3, -0.25) is 19.4 Å². The van der Waals surface area contributed by atoms with Crippen LogP contribution in [0.3, 0.4) is 0 Å². The lowest BCUT2D eigenvalue weighted by Crippen LogP contribution is -2.33. The Balaban J connectivity index is 2.13. The van der Waals surface area contributed by atoms with E-state index in [4.69, 9.17) is 10.2 Å². The second-order valence-corrected chi connectivity index (χ2v) is 4.50. The molecule has 0 unspecified atom stereocenters. The summed E-state index contributed by atoms with van der Waals surface area (Å²) >= 11 is 1.29. The van der Waals surface area contributed by atoms with E-state index in [0.717, 1.165) is 5.76 Å². The van der Waals surface area contributed by atoms with Crippen LogP contribution in [0.15, 0.2) is 31.3 Å². The van der Waals surface area contributed by atoms with Crippen molar-refractivity contribution in [3.05, 3.63) is 44.4 Å². The Kier molecular flexibility index (Phi) is 3.68. The molecule has 8 heteroatoms. The van der Waals surface area contributed by atoms with Gasteiger partial charge in [0, 0.05) is 7.05 Å². The van der Waals surface area contributed by atoms with Gasteiger partial charge in [-0.15, -0.1) is 0 Å². The summed E-state index contributed by atoms with van der Waals surface area (Å²) in [7, 11) is 1.61. The molecule has 3 N–H and O–H groups in total. The highest BCUT2D eigenvalue weighted by Crippen LogP contribution is 2.20. The smallest absolute Gasteiger partial charge is 0.339 e. The van der Waals surface area contributed by atoms with Gasteiger partial charge in [-0.05, 0) is 12.1 Å². The molecule has 18 heavy (non-hydrogen) atoms. The highest BCUT2D eigenvalue weighted by Gasteiger charge is 2.07. The van der Waals surface area contributed by atoms with E-state index in [1.165, 1.54) is 16.4 Å². The number of aromatic amines is 1. The number of furan rings is 1. The lowest BCUT2D eigenvalue weighted by atomic mass is 10.4. The van der Waals surface area contributed by atoms with Crippen LogP contribution in [0, 0.1) is 0 Å². The zero-order chi connectivity index (χ0) is 13.1. The summed E-state index contributed by atoms with van der Waals surface area (Å²) in [6.45, 7) is 0.347. The molecule has 2 rings (SSSR count). The summed E-state index contributed by atoms with van der Waals surface area (Å²) in [6, 6.07) is 3.62. The molecule has 2 aromatic heterocycles. The lowest BCUT2D eigenvalue weighted by molar-refractivity contribution is 0.482. The van der Waals surface area contributed by atoms with Crippen molar-refractivity contribution >= 4 is 11.8 Å². The molecule has 2 aromatic rings. The second-order valence-electron chi connectivity index (χ2n) is 3.56. The van der Waals surface area contributed by atoms with Crippen LogP contribution in [-0.4, -0.2) is 14.8 Å². The molecule has 0 aliphatic carbocycles. The lowest BCUT2D eigenvalue weighted by Gasteiger charge is -2.04. The van der Waals surface area contributed by atoms with Crippen molar-refractivity contribution in [1.82, 2.24) is 14.8 Å². The Morgan fingerprint density at radius 2 is 2.17 bits per heavy atom. The SMILES string of the molecule is Cn1[nH]c(=O)c(=O)nc1SCc1ccc(CN)o1. The molecule has 7 nitrogen and oxygen atoms in total. The predicted octanol–water partition coefficient (Wildman–Crippen LogP) is -0.187. The number of nitrogens with one attached hydrogen (secondary N) is 1. The van der Waals surface area contributed by atoms with Crippen LogP contribution in [-0.2, 0) is 19.3 Å². The third kappa shape index (κ3) is 2.71. The minimum absolute atomic E-state index is 0.347. The molecule has 0 bridgehead atoms. The molecule has 2 heterocycles. The number of aryl methyl sites for hydroxylation is 1. The van der Waals surface area contributed by atoms with Crippen molar-refractivity contribution in [2.75, 3.05) is 0 Å². The highest BCUT2D eigenvalue weighted by atomic mass is 32.2. The Labute approximate surface area is 106 Å². The summed E-state index contributed by atoms with van der Waals surface area (Å²) < 4.78 is 6.82. The fraction of sp³-hybridized carbons (Fsp3) is 0.300. The first-order valence-electron chi connectivity index (χ1n) is 5.18. The average molecular weight is 268 g/mol. The van der Waals surface area contributed by atoms with E-state index in [2.05, 4.69) is 10.1 Å². The van der Waals surface area contributed by atoms with Crippen LogP contribution < -0.4 is 16.9 Å². The summed E-state index contributed by atoms with van der Waals surface area (Å²) in [4.78, 5) is 25.8. The van der Waals surface area contributed by atoms with E-state index in [0.29, 0.717) is 23.2 Å². The molecule has 0 amide bonds. The van der Waals surface area contributed by atoms with E-state index < -0.39 is 11.1 Å². The van der Waals surface area contributed by atoms with E-state index >= 15 is 0 Å². The first-order valence-corrected chi connectivity index (χ1v) is 6.16. The van der Waals surface area contributed by atoms with Crippen LogP contribution >= 0.6 is 11.8 Å². The molecular formula is C10H12N4O3S. The Morgan fingerprint density at radius 3 is 2.83 bits per heavy atom. The van der Waals surface area contributed by atoms with E-state index in [9.17, 15) is 9.59 Å². The number of H-pyrrole nitrogens is 1. The molecule has 0 aliphatic rings. The summed E-state index contributed by atoms with van der Waals surface area (Å²) in [5, 5.41) is 2.80. The number of rotatable bonds is 4. The number of nitrogens with two attached hydrogens (primary N) is 1. The maximum atomic E-state index is 11.1. The van der Waals surface area contributed by atoms with Gasteiger partial charge >= 0.3 is 11.1 Å². The molecule has 0 aromatic carbocycles. The maximum Gasteiger partial charge on any atom is 0.339 e. The van der Waals surface area contributed by atoms with Crippen molar-refractivity contribution in [1.29, 1.82) is 0 Å². The van der Waals surface area contributed by atoms with Gasteiger partial charge in [0.05, 0.1) is 12.3 Å². The number of nitrogens with zero attached hydrogens (tertiary/aromatic N) is 2. The van der Waals surface area contributed by atoms with Gasteiger partial charge in [-0.1, -0.05) is 11.8 Å². The molecule has 0 aliphatic heterocycles. The van der Waals surface area contributed by atoms with E-state index in [-0.39, 0.29) is 0 Å². The van der Waals surface area contributed by atoms with Crippen LogP contribution in [0.25, 0.3) is 0 Å². The van der Waals surface area contributed by atoms with Crippen molar-refractivity contribution in [3.63, 3.8) is 0 Å². The summed E-state index contributed by atoms with van der Waals surface area (Å²) in [5.74, 6) is 1.95. The van der Waals surface area contributed by atoms with Crippen molar-refractivity contribution in [2.24, 2.45) is 12.8 Å². The van der Waals surface area contributed by atoms with Gasteiger partial charge in [0.1, 0.15) is 11.5 Å². The Morgan fingerprint density at radius 1 is 1.44 bits per heavy atom. The molecule has 0 atom stereocenters. The molecule has 0 spiro atoms. The predicted molar refractivity (Wildman–Crippen MR) is 66.3 cm³/mol. The van der Waals surface area contributed by atoms with Gasteiger partial charge in [0.15, 0.2) is 5.16 Å². The van der Waals surface area contributed by atoms with Gasteiger partial charge in [0.2, 0.25) is 0 Å². The summed E-state index contributed by atoms with van der Waals surface area (Å²) in [5.41, 5.74) is 3.91. The first-order chi connectivity index (χ1) is 8.60. The third-order valence-corrected chi connectivity index (χ3v) is 3.26. The third-order valence-electron chi connectivity index (χ3n) is 2.21. The van der Waals surface area contributed by atoms with Gasteiger partial charge in [0.25, 0.3) is 0 Å². The van der Waals surface area contributed by atoms with Crippen LogP contribution in [0.2, 0.25) is 0 Å². The monoisotopic (exact) mass is 268 g/mol. The summed E-state index contributed by atoms with van der Waals surface area (Å²) in [6.07, 6.45) is 0. The Bertz CT molecular complexity index is 658. The number of aromatic nitrogens is 3. The van der Waals surface area contributed by atoms with Crippen LogP contribution in [0.4, 0.5) is 0 Å². The molecule has 0 saturated carbocycles.